The van der Waals surface area contributed by atoms with Gasteiger partial charge in [0, 0.05) is 6.42 Å². The number of carboxylic acid groups (broad SMARTS) is 1. The lowest BCUT2D eigenvalue weighted by molar-refractivity contribution is -0.142. The van der Waals surface area contributed by atoms with Gasteiger partial charge in [0.25, 0.3) is 0 Å². The van der Waals surface area contributed by atoms with E-state index >= 15 is 0 Å². The molecule has 0 aliphatic carbocycles. The first-order valence-corrected chi connectivity index (χ1v) is 6.38. The number of rotatable bonds is 8. The smallest absolute Gasteiger partial charge is 0.321 e. The van der Waals surface area contributed by atoms with Crippen LogP contribution in [0.25, 0.3) is 0 Å². The van der Waals surface area contributed by atoms with Gasteiger partial charge in [-0.25, -0.2) is 13.1 Å². The Morgan fingerprint density at radius 2 is 2.12 bits per heavy atom. The van der Waals surface area contributed by atoms with Gasteiger partial charge in [-0.05, 0) is 6.42 Å². The van der Waals surface area contributed by atoms with Crippen LogP contribution >= 0.6 is 0 Å². The molecule has 0 heterocycles. The molecule has 8 heteroatoms. The first-order valence-electron chi connectivity index (χ1n) is 4.73. The van der Waals surface area contributed by atoms with Crippen LogP contribution in [-0.4, -0.2) is 44.4 Å². The Kier molecular flexibility index (Phi) is 6.44. The second-order valence-corrected chi connectivity index (χ2v) is 4.99. The Morgan fingerprint density at radius 3 is 2.53 bits per heavy atom. The largest absolute Gasteiger partial charge is 0.480 e. The van der Waals surface area contributed by atoms with E-state index in [0.29, 0.717) is 0 Å². The molecule has 0 rings (SSSR count). The number of carbonyl (C=O) groups excluding carboxylic acids is 1. The number of methoxy groups -OCH3 is 1. The maximum Gasteiger partial charge on any atom is 0.321 e. The lowest BCUT2D eigenvalue weighted by Crippen LogP contribution is -2.41. The highest BCUT2D eigenvalue weighted by molar-refractivity contribution is 7.89. The van der Waals surface area contributed by atoms with Gasteiger partial charge >= 0.3 is 11.9 Å². The van der Waals surface area contributed by atoms with Crippen LogP contribution < -0.4 is 4.72 Å². The van der Waals surface area contributed by atoms with E-state index in [1.54, 1.807) is 0 Å². The van der Waals surface area contributed by atoms with Crippen molar-refractivity contribution in [2.45, 2.75) is 18.9 Å². The maximum atomic E-state index is 11.3. The topological polar surface area (TPSA) is 110 Å². The van der Waals surface area contributed by atoms with Crippen molar-refractivity contribution in [3.63, 3.8) is 0 Å². The normalized spacial score (nSPS) is 12.8. The summed E-state index contributed by atoms with van der Waals surface area (Å²) in [5.74, 6) is -2.32. The summed E-state index contributed by atoms with van der Waals surface area (Å²) in [5, 5.41) is 8.79. The fourth-order valence-electron chi connectivity index (χ4n) is 1.02. The molecule has 0 unspecified atom stereocenters. The van der Waals surface area contributed by atoms with E-state index in [1.165, 1.54) is 7.11 Å². The Bertz CT molecular complexity index is 388. The van der Waals surface area contributed by atoms with Crippen molar-refractivity contribution in [3.8, 4) is 0 Å². The van der Waals surface area contributed by atoms with E-state index < -0.39 is 28.0 Å². The molecule has 0 fully saturated rings. The van der Waals surface area contributed by atoms with E-state index in [9.17, 15) is 18.0 Å². The molecule has 0 saturated heterocycles. The quantitative estimate of drug-likeness (QED) is 0.452. The Hall–Kier alpha value is -1.41. The minimum Gasteiger partial charge on any atom is -0.480 e. The van der Waals surface area contributed by atoms with E-state index in [4.69, 9.17) is 5.11 Å². The van der Waals surface area contributed by atoms with E-state index in [1.807, 2.05) is 4.72 Å². The van der Waals surface area contributed by atoms with Gasteiger partial charge in [-0.3, -0.25) is 9.59 Å². The molecule has 1 atom stereocenters. The molecule has 2 N–H and O–H groups in total. The second kappa shape index (κ2) is 7.02. The lowest BCUT2D eigenvalue weighted by Gasteiger charge is -2.13. The third-order valence-corrected chi connectivity index (χ3v) is 3.14. The lowest BCUT2D eigenvalue weighted by atomic mass is 10.2. The van der Waals surface area contributed by atoms with Crippen LogP contribution in [0.2, 0.25) is 0 Å². The van der Waals surface area contributed by atoms with Gasteiger partial charge in [0.2, 0.25) is 10.0 Å². The molecule has 0 aliphatic heterocycles. The zero-order chi connectivity index (χ0) is 13.5. The molecule has 0 amide bonds. The van der Waals surface area contributed by atoms with E-state index in [2.05, 4.69) is 11.3 Å². The maximum absolute atomic E-state index is 11.3. The van der Waals surface area contributed by atoms with Gasteiger partial charge in [-0.2, -0.15) is 0 Å². The molecular weight excluding hydrogens is 250 g/mol. The number of aliphatic carboxylic acids is 1. The standard InChI is InChI=1S/C9H15NO6S/c1-3-6-17(14,15)10-7(9(12)13)4-5-8(11)16-2/h3,7,10H,1,4-6H2,2H3,(H,12,13)/t7-/m1/s1. The highest BCUT2D eigenvalue weighted by atomic mass is 32.2. The third kappa shape index (κ3) is 6.69. The van der Waals surface area contributed by atoms with Crippen molar-refractivity contribution in [1.29, 1.82) is 0 Å². The van der Waals surface area contributed by atoms with Crippen molar-refractivity contribution in [3.05, 3.63) is 12.7 Å². The Balaban J connectivity index is 4.50. The Labute approximate surface area is 99.5 Å². The van der Waals surface area contributed by atoms with Crippen LogP contribution in [0.4, 0.5) is 0 Å². The van der Waals surface area contributed by atoms with E-state index in [-0.39, 0.29) is 18.6 Å². The van der Waals surface area contributed by atoms with Gasteiger partial charge in [0.15, 0.2) is 0 Å². The van der Waals surface area contributed by atoms with Crippen molar-refractivity contribution >= 4 is 22.0 Å². The molecule has 0 spiro atoms. The van der Waals surface area contributed by atoms with Crippen LogP contribution in [0.5, 0.6) is 0 Å². The van der Waals surface area contributed by atoms with Crippen LogP contribution in [0, 0.1) is 0 Å². The van der Waals surface area contributed by atoms with Crippen LogP contribution in [0.3, 0.4) is 0 Å². The van der Waals surface area contributed by atoms with Crippen LogP contribution in [-0.2, 0) is 24.3 Å². The number of esters is 1. The summed E-state index contributed by atoms with van der Waals surface area (Å²) >= 11 is 0. The SMILES string of the molecule is C=CCS(=O)(=O)N[C@H](CCC(=O)OC)C(=O)O. The van der Waals surface area contributed by atoms with Crippen molar-refractivity contribution in [2.24, 2.45) is 0 Å². The van der Waals surface area contributed by atoms with Crippen LogP contribution in [0.15, 0.2) is 12.7 Å². The zero-order valence-corrected chi connectivity index (χ0v) is 10.2. The van der Waals surface area contributed by atoms with Gasteiger partial charge in [-0.15, -0.1) is 6.58 Å². The molecule has 98 valence electrons. The summed E-state index contributed by atoms with van der Waals surface area (Å²) in [6.07, 6.45) is 0.796. The Morgan fingerprint density at radius 1 is 1.53 bits per heavy atom. The number of carboxylic acids is 1. The molecule has 0 aliphatic rings. The number of ether oxygens (including phenoxy) is 1. The molecule has 0 aromatic carbocycles. The van der Waals surface area contributed by atoms with Gasteiger partial charge in [0.1, 0.15) is 6.04 Å². The highest BCUT2D eigenvalue weighted by Crippen LogP contribution is 2.02. The summed E-state index contributed by atoms with van der Waals surface area (Å²) in [5.41, 5.74) is 0. The predicted octanol–water partition coefficient (Wildman–Crippen LogP) is -0.502. The molecule has 0 aromatic heterocycles. The number of sulfonamides is 1. The molecule has 0 aromatic rings. The minimum atomic E-state index is -3.73. The number of hydrogen-bond acceptors (Lipinski definition) is 5. The average Bonchev–Trinajstić information content (AvgIpc) is 2.23. The van der Waals surface area contributed by atoms with Crippen molar-refractivity contribution < 1.29 is 27.9 Å². The zero-order valence-electron chi connectivity index (χ0n) is 9.38. The second-order valence-electron chi connectivity index (χ2n) is 3.19. The fraction of sp³-hybridized carbons (Fsp3) is 0.556. The molecule has 7 nitrogen and oxygen atoms in total. The van der Waals surface area contributed by atoms with Gasteiger partial charge in [-0.1, -0.05) is 6.08 Å². The molecule has 0 bridgehead atoms. The van der Waals surface area contributed by atoms with Crippen LogP contribution in [0.1, 0.15) is 12.8 Å². The first-order chi connectivity index (χ1) is 7.82. The summed E-state index contributed by atoms with van der Waals surface area (Å²) in [6.45, 7) is 3.24. The molecule has 0 radical (unpaired) electrons. The number of hydrogen-bond donors (Lipinski definition) is 2. The summed E-state index contributed by atoms with van der Waals surface area (Å²) in [6, 6.07) is -1.35. The van der Waals surface area contributed by atoms with Crippen molar-refractivity contribution in [1.82, 2.24) is 4.72 Å². The first kappa shape index (κ1) is 15.6. The monoisotopic (exact) mass is 265 g/mol. The van der Waals surface area contributed by atoms with Gasteiger partial charge in [0.05, 0.1) is 12.9 Å². The number of nitrogens with one attached hydrogen (secondary N) is 1. The average molecular weight is 265 g/mol. The third-order valence-electron chi connectivity index (χ3n) is 1.82. The van der Waals surface area contributed by atoms with E-state index in [0.717, 1.165) is 6.08 Å². The summed E-state index contributed by atoms with van der Waals surface area (Å²) < 4.78 is 28.9. The van der Waals surface area contributed by atoms with Gasteiger partial charge < -0.3 is 9.84 Å². The molecule has 17 heavy (non-hydrogen) atoms. The summed E-state index contributed by atoms with van der Waals surface area (Å²) in [4.78, 5) is 21.6. The number of carbonyl (C=O) groups is 2. The fourth-order valence-corrected chi connectivity index (χ4v) is 2.08. The predicted molar refractivity (Wildman–Crippen MR) is 59.8 cm³/mol. The molecular formula is C9H15NO6S. The summed E-state index contributed by atoms with van der Waals surface area (Å²) in [7, 11) is -2.56. The minimum absolute atomic E-state index is 0.168. The van der Waals surface area contributed by atoms with Crippen molar-refractivity contribution in [2.75, 3.05) is 12.9 Å². The molecule has 0 saturated carbocycles. The highest BCUT2D eigenvalue weighted by Gasteiger charge is 2.23.